The summed E-state index contributed by atoms with van der Waals surface area (Å²) in [6.07, 6.45) is 5.41. The average Bonchev–Trinajstić information content (AvgIpc) is 3.06. The molecule has 0 atom stereocenters. The molecule has 0 aliphatic heterocycles. The molecule has 6 nitrogen and oxygen atoms in total. The maximum Gasteiger partial charge on any atom is 0.315 e. The van der Waals surface area contributed by atoms with E-state index in [1.54, 1.807) is 12.4 Å². The Labute approximate surface area is 140 Å². The Bertz CT molecular complexity index is 799. The maximum atomic E-state index is 11.7. The van der Waals surface area contributed by atoms with Crippen LogP contribution in [0.4, 0.5) is 4.79 Å². The summed E-state index contributed by atoms with van der Waals surface area (Å²) in [4.78, 5) is 15.7. The van der Waals surface area contributed by atoms with Crippen molar-refractivity contribution in [2.45, 2.75) is 13.5 Å². The number of nitrogens with zero attached hydrogens (tertiary/aromatic N) is 3. The van der Waals surface area contributed by atoms with Crippen LogP contribution in [0, 0.1) is 0 Å². The van der Waals surface area contributed by atoms with Gasteiger partial charge in [-0.3, -0.25) is 4.98 Å². The Kier molecular flexibility index (Phi) is 4.86. The predicted octanol–water partition coefficient (Wildman–Crippen LogP) is 2.75. The largest absolute Gasteiger partial charge is 0.338 e. The van der Waals surface area contributed by atoms with Gasteiger partial charge in [-0.2, -0.15) is 5.10 Å². The summed E-state index contributed by atoms with van der Waals surface area (Å²) in [7, 11) is 0. The van der Waals surface area contributed by atoms with Gasteiger partial charge in [-0.15, -0.1) is 0 Å². The number of urea groups is 1. The normalized spacial score (nSPS) is 10.4. The lowest BCUT2D eigenvalue weighted by molar-refractivity contribution is 0.241. The molecule has 2 aromatic heterocycles. The minimum Gasteiger partial charge on any atom is -0.338 e. The van der Waals surface area contributed by atoms with E-state index in [1.807, 2.05) is 60.3 Å². The van der Waals surface area contributed by atoms with E-state index >= 15 is 0 Å². The van der Waals surface area contributed by atoms with Gasteiger partial charge in [0.15, 0.2) is 0 Å². The first kappa shape index (κ1) is 15.7. The first-order valence-corrected chi connectivity index (χ1v) is 7.84. The lowest BCUT2D eigenvalue weighted by Crippen LogP contribution is -2.34. The van der Waals surface area contributed by atoms with Gasteiger partial charge in [-0.05, 0) is 31.2 Å². The molecule has 2 heterocycles. The van der Waals surface area contributed by atoms with Crippen LogP contribution < -0.4 is 10.6 Å². The molecule has 0 aliphatic carbocycles. The first-order chi connectivity index (χ1) is 11.8. The van der Waals surface area contributed by atoms with Gasteiger partial charge in [0.1, 0.15) is 0 Å². The standard InChI is InChI=1S/C18H19N5O/c1-2-20-18(24)21-12-15-13-23(16-6-4-3-5-7-16)22-17(15)14-8-10-19-11-9-14/h3-11,13H,2,12H2,1H3,(H2,20,21,24). The topological polar surface area (TPSA) is 71.8 Å². The molecular weight excluding hydrogens is 302 g/mol. The van der Waals surface area contributed by atoms with E-state index < -0.39 is 0 Å². The molecule has 24 heavy (non-hydrogen) atoms. The third-order valence-corrected chi connectivity index (χ3v) is 3.54. The van der Waals surface area contributed by atoms with E-state index in [1.165, 1.54) is 0 Å². The molecule has 0 unspecified atom stereocenters. The highest BCUT2D eigenvalue weighted by molar-refractivity contribution is 5.74. The number of carbonyl (C=O) groups is 1. The van der Waals surface area contributed by atoms with Crippen molar-refractivity contribution in [2.24, 2.45) is 0 Å². The van der Waals surface area contributed by atoms with Gasteiger partial charge in [0.25, 0.3) is 0 Å². The van der Waals surface area contributed by atoms with E-state index in [4.69, 9.17) is 5.10 Å². The van der Waals surface area contributed by atoms with Crippen molar-refractivity contribution in [3.8, 4) is 16.9 Å². The summed E-state index contributed by atoms with van der Waals surface area (Å²) in [6.45, 7) is 2.87. The minimum absolute atomic E-state index is 0.189. The fourth-order valence-corrected chi connectivity index (χ4v) is 2.40. The summed E-state index contributed by atoms with van der Waals surface area (Å²) in [5, 5.41) is 10.3. The van der Waals surface area contributed by atoms with E-state index in [0.29, 0.717) is 13.1 Å². The molecule has 0 bridgehead atoms. The zero-order chi connectivity index (χ0) is 16.8. The van der Waals surface area contributed by atoms with Gasteiger partial charge in [0.2, 0.25) is 0 Å². The molecule has 0 fully saturated rings. The number of hydrogen-bond donors (Lipinski definition) is 2. The molecule has 0 radical (unpaired) electrons. The number of benzene rings is 1. The summed E-state index contributed by atoms with van der Waals surface area (Å²) in [6, 6.07) is 13.5. The Morgan fingerprint density at radius 2 is 1.83 bits per heavy atom. The molecule has 0 saturated carbocycles. The fourth-order valence-electron chi connectivity index (χ4n) is 2.40. The fraction of sp³-hybridized carbons (Fsp3) is 0.167. The van der Waals surface area contributed by atoms with E-state index in [-0.39, 0.29) is 6.03 Å². The van der Waals surface area contributed by atoms with Crippen LogP contribution in [0.15, 0.2) is 61.1 Å². The van der Waals surface area contributed by atoms with Crippen molar-refractivity contribution in [1.29, 1.82) is 0 Å². The van der Waals surface area contributed by atoms with Crippen molar-refractivity contribution < 1.29 is 4.79 Å². The molecule has 3 rings (SSSR count). The van der Waals surface area contributed by atoms with Crippen molar-refractivity contribution in [2.75, 3.05) is 6.54 Å². The third-order valence-electron chi connectivity index (χ3n) is 3.54. The summed E-state index contributed by atoms with van der Waals surface area (Å²) in [5.74, 6) is 0. The number of pyridine rings is 1. The second-order valence-electron chi connectivity index (χ2n) is 5.23. The van der Waals surface area contributed by atoms with E-state index in [0.717, 1.165) is 22.5 Å². The van der Waals surface area contributed by atoms with Crippen LogP contribution in [0.1, 0.15) is 12.5 Å². The third kappa shape index (κ3) is 3.60. The number of para-hydroxylation sites is 1. The van der Waals surface area contributed by atoms with Gasteiger partial charge in [-0.25, -0.2) is 9.48 Å². The van der Waals surface area contributed by atoms with Crippen molar-refractivity contribution >= 4 is 6.03 Å². The Morgan fingerprint density at radius 3 is 2.54 bits per heavy atom. The van der Waals surface area contributed by atoms with Crippen LogP contribution in [0.3, 0.4) is 0 Å². The number of amides is 2. The highest BCUT2D eigenvalue weighted by Crippen LogP contribution is 2.23. The van der Waals surface area contributed by atoms with Crippen LogP contribution in [0.25, 0.3) is 16.9 Å². The number of nitrogens with one attached hydrogen (secondary N) is 2. The van der Waals surface area contributed by atoms with Crippen LogP contribution >= 0.6 is 0 Å². The summed E-state index contributed by atoms with van der Waals surface area (Å²) >= 11 is 0. The van der Waals surface area contributed by atoms with Gasteiger partial charge < -0.3 is 10.6 Å². The molecule has 122 valence electrons. The minimum atomic E-state index is -0.189. The predicted molar refractivity (Wildman–Crippen MR) is 92.7 cm³/mol. The Morgan fingerprint density at radius 1 is 1.08 bits per heavy atom. The molecule has 1 aromatic carbocycles. The van der Waals surface area contributed by atoms with Crippen molar-refractivity contribution in [3.63, 3.8) is 0 Å². The zero-order valence-corrected chi connectivity index (χ0v) is 13.4. The second kappa shape index (κ2) is 7.41. The van der Waals surface area contributed by atoms with Gasteiger partial charge in [-0.1, -0.05) is 18.2 Å². The SMILES string of the molecule is CCNC(=O)NCc1cn(-c2ccccc2)nc1-c1ccncc1. The van der Waals surface area contributed by atoms with Crippen molar-refractivity contribution in [1.82, 2.24) is 25.4 Å². The molecule has 6 heteroatoms. The summed E-state index contributed by atoms with van der Waals surface area (Å²) < 4.78 is 1.82. The van der Waals surface area contributed by atoms with Crippen molar-refractivity contribution in [3.05, 3.63) is 66.6 Å². The highest BCUT2D eigenvalue weighted by atomic mass is 16.2. The summed E-state index contributed by atoms with van der Waals surface area (Å²) in [5.41, 5.74) is 3.71. The zero-order valence-electron chi connectivity index (χ0n) is 13.4. The molecule has 0 saturated heterocycles. The van der Waals surface area contributed by atoms with Crippen LogP contribution in [-0.2, 0) is 6.54 Å². The van der Waals surface area contributed by atoms with Crippen LogP contribution in [0.5, 0.6) is 0 Å². The highest BCUT2D eigenvalue weighted by Gasteiger charge is 2.13. The Hall–Kier alpha value is -3.15. The monoisotopic (exact) mass is 321 g/mol. The van der Waals surface area contributed by atoms with Gasteiger partial charge >= 0.3 is 6.03 Å². The smallest absolute Gasteiger partial charge is 0.315 e. The number of hydrogen-bond acceptors (Lipinski definition) is 3. The lowest BCUT2D eigenvalue weighted by atomic mass is 10.1. The molecular formula is C18H19N5O. The lowest BCUT2D eigenvalue weighted by Gasteiger charge is -2.05. The molecule has 3 aromatic rings. The quantitative estimate of drug-likeness (QED) is 0.759. The maximum absolute atomic E-state index is 11.7. The molecule has 0 aliphatic rings. The number of aromatic nitrogens is 3. The van der Waals surface area contributed by atoms with E-state index in [9.17, 15) is 4.79 Å². The first-order valence-electron chi connectivity index (χ1n) is 7.84. The molecule has 2 amide bonds. The molecule has 0 spiro atoms. The average molecular weight is 321 g/mol. The van der Waals surface area contributed by atoms with E-state index in [2.05, 4.69) is 15.6 Å². The number of carbonyl (C=O) groups excluding carboxylic acids is 1. The van der Waals surface area contributed by atoms with Gasteiger partial charge in [0, 0.05) is 42.8 Å². The number of rotatable bonds is 5. The van der Waals surface area contributed by atoms with Gasteiger partial charge in [0.05, 0.1) is 11.4 Å². The Balaban J connectivity index is 1.93. The second-order valence-corrected chi connectivity index (χ2v) is 5.23. The van der Waals surface area contributed by atoms with Crippen LogP contribution in [-0.4, -0.2) is 27.3 Å². The van der Waals surface area contributed by atoms with Crippen LogP contribution in [0.2, 0.25) is 0 Å². The molecule has 2 N–H and O–H groups in total.